The van der Waals surface area contributed by atoms with Crippen LogP contribution in [-0.2, 0) is 9.59 Å². The maximum atomic E-state index is 17.7. The highest BCUT2D eigenvalue weighted by Crippen LogP contribution is 2.47. The van der Waals surface area contributed by atoms with Gasteiger partial charge in [0.15, 0.2) is 0 Å². The fourth-order valence-corrected chi connectivity index (χ4v) is 8.90. The lowest BCUT2D eigenvalue weighted by atomic mass is 9.85. The van der Waals surface area contributed by atoms with E-state index in [2.05, 4.69) is 29.7 Å². The first-order valence-electron chi connectivity index (χ1n) is 17.3. The lowest BCUT2D eigenvalue weighted by Gasteiger charge is -2.35. The van der Waals surface area contributed by atoms with E-state index in [4.69, 9.17) is 22.1 Å². The minimum Gasteiger partial charge on any atom is -0.497 e. The number of carbonyl (C=O) groups is 2. The minimum absolute atomic E-state index is 0.0652. The molecule has 4 aliphatic rings. The van der Waals surface area contributed by atoms with Crippen molar-refractivity contribution >= 4 is 29.1 Å². The topological polar surface area (TPSA) is 79.1 Å². The van der Waals surface area contributed by atoms with Crippen LogP contribution in [0.3, 0.4) is 0 Å². The number of hydrogen-bond acceptors (Lipinski definition) is 5. The van der Waals surface area contributed by atoms with Crippen molar-refractivity contribution in [3.05, 3.63) is 58.6 Å². The van der Waals surface area contributed by atoms with E-state index in [1.165, 1.54) is 0 Å². The number of benzene rings is 2. The fraction of sp³-hybridized carbons (Fsp3) is 0.622. The number of hydrogen-bond donors (Lipinski definition) is 1. The van der Waals surface area contributed by atoms with Crippen molar-refractivity contribution in [2.45, 2.75) is 82.3 Å². The maximum Gasteiger partial charge on any atom is 0.262 e. The monoisotopic (exact) mass is 652 g/mol. The van der Waals surface area contributed by atoms with Crippen molar-refractivity contribution in [1.29, 1.82) is 0 Å². The molecule has 46 heavy (non-hydrogen) atoms. The SMILES string of the molecule is CC[C@H]1CN(C(=O)[C@]2(F)CN([C@H]3CC[C@H](C)CC3)C[C@H]2c2ccc(OC)cc2)C[C@@H]1c1ccc(Cl)cc1N1CCC(C(N)=O)CC1. The first kappa shape index (κ1) is 33.1. The number of likely N-dealkylation sites (tertiary alicyclic amines) is 2. The lowest BCUT2D eigenvalue weighted by Crippen LogP contribution is -2.50. The number of nitrogens with zero attached hydrogens (tertiary/aromatic N) is 3. The second kappa shape index (κ2) is 13.7. The Morgan fingerprint density at radius 2 is 1.70 bits per heavy atom. The van der Waals surface area contributed by atoms with Crippen LogP contribution in [0.25, 0.3) is 0 Å². The Morgan fingerprint density at radius 1 is 1.00 bits per heavy atom. The van der Waals surface area contributed by atoms with Gasteiger partial charge in [-0.3, -0.25) is 14.5 Å². The van der Waals surface area contributed by atoms with Crippen LogP contribution >= 0.6 is 11.6 Å². The Morgan fingerprint density at radius 3 is 2.33 bits per heavy atom. The third kappa shape index (κ3) is 6.49. The molecule has 1 aliphatic carbocycles. The summed E-state index contributed by atoms with van der Waals surface area (Å²) in [5.41, 5.74) is 6.65. The summed E-state index contributed by atoms with van der Waals surface area (Å²) in [5, 5.41) is 0.656. The Balaban J connectivity index is 1.26. The molecule has 3 heterocycles. The number of primary amides is 1. The van der Waals surface area contributed by atoms with Crippen LogP contribution in [0, 0.1) is 17.8 Å². The molecule has 2 aromatic carbocycles. The van der Waals surface area contributed by atoms with Gasteiger partial charge in [-0.1, -0.05) is 50.1 Å². The molecule has 1 saturated carbocycles. The standard InChI is InChI=1S/C37H50ClFN4O3/c1-4-25-20-42(21-32(25)31-14-9-28(38)19-34(31)41-17-15-27(16-18-41)35(40)44)36(45)37(39)23-43(29-10-5-24(2)6-11-29)22-33(37)26-7-12-30(46-3)13-8-26/h7-9,12-14,19,24-25,27,29,32-33H,4-6,10-11,15-18,20-23H2,1-3H3,(H2,40,44)/t24-,25-,29-,32-,33-,37-/m0/s1. The second-order valence-electron chi connectivity index (χ2n) is 14.4. The average molecular weight is 653 g/mol. The molecular formula is C37H50ClFN4O3. The number of rotatable bonds is 8. The molecule has 0 aromatic heterocycles. The van der Waals surface area contributed by atoms with Crippen LogP contribution in [0.5, 0.6) is 5.75 Å². The number of anilines is 1. The quantitative estimate of drug-likeness (QED) is 0.358. The molecule has 2 aromatic rings. The molecule has 4 atom stereocenters. The molecule has 2 amide bonds. The Labute approximate surface area is 278 Å². The number of ether oxygens (including phenoxy) is 1. The number of carbonyl (C=O) groups excluding carboxylic acids is 2. The van der Waals surface area contributed by atoms with E-state index < -0.39 is 11.6 Å². The van der Waals surface area contributed by atoms with Crippen molar-refractivity contribution in [3.8, 4) is 5.75 Å². The van der Waals surface area contributed by atoms with Crippen molar-refractivity contribution in [2.75, 3.05) is 51.3 Å². The average Bonchev–Trinajstić information content (AvgIpc) is 3.67. The molecule has 7 nitrogen and oxygen atoms in total. The zero-order valence-electron chi connectivity index (χ0n) is 27.6. The Hall–Kier alpha value is -2.84. The summed E-state index contributed by atoms with van der Waals surface area (Å²) in [7, 11) is 1.63. The molecular weight excluding hydrogens is 603 g/mol. The van der Waals surface area contributed by atoms with E-state index in [1.807, 2.05) is 41.3 Å². The molecule has 0 spiro atoms. The van der Waals surface area contributed by atoms with Crippen molar-refractivity contribution in [2.24, 2.45) is 23.5 Å². The first-order valence-corrected chi connectivity index (χ1v) is 17.7. The number of piperidine rings is 1. The summed E-state index contributed by atoms with van der Waals surface area (Å²) in [4.78, 5) is 32.8. The lowest BCUT2D eigenvalue weighted by molar-refractivity contribution is -0.143. The molecule has 0 bridgehead atoms. The van der Waals surface area contributed by atoms with E-state index in [0.717, 1.165) is 67.8 Å². The van der Waals surface area contributed by atoms with Gasteiger partial charge in [0.1, 0.15) is 5.75 Å². The molecule has 4 fully saturated rings. The number of alkyl halides is 1. The van der Waals surface area contributed by atoms with Gasteiger partial charge < -0.3 is 20.3 Å². The van der Waals surface area contributed by atoms with Gasteiger partial charge in [-0.25, -0.2) is 4.39 Å². The molecule has 0 radical (unpaired) electrons. The molecule has 250 valence electrons. The predicted molar refractivity (Wildman–Crippen MR) is 181 cm³/mol. The largest absolute Gasteiger partial charge is 0.497 e. The van der Waals surface area contributed by atoms with Crippen LogP contribution in [-0.4, -0.2) is 79.7 Å². The molecule has 2 N–H and O–H groups in total. The van der Waals surface area contributed by atoms with Crippen molar-refractivity contribution < 1.29 is 18.7 Å². The van der Waals surface area contributed by atoms with Gasteiger partial charge in [0, 0.05) is 73.8 Å². The molecule has 0 unspecified atom stereocenters. The van der Waals surface area contributed by atoms with Crippen LogP contribution < -0.4 is 15.4 Å². The van der Waals surface area contributed by atoms with E-state index in [9.17, 15) is 9.59 Å². The van der Waals surface area contributed by atoms with Gasteiger partial charge in [0.05, 0.1) is 7.11 Å². The van der Waals surface area contributed by atoms with Crippen LogP contribution in [0.2, 0.25) is 5.02 Å². The summed E-state index contributed by atoms with van der Waals surface area (Å²) < 4.78 is 23.1. The second-order valence-corrected chi connectivity index (χ2v) is 14.8. The van der Waals surface area contributed by atoms with Crippen molar-refractivity contribution in [1.82, 2.24) is 9.80 Å². The summed E-state index contributed by atoms with van der Waals surface area (Å²) in [5.74, 6) is 0.431. The molecule has 6 rings (SSSR count). The molecule has 9 heteroatoms. The molecule has 3 aliphatic heterocycles. The summed E-state index contributed by atoms with van der Waals surface area (Å²) in [6.07, 6.45) is 6.71. The smallest absolute Gasteiger partial charge is 0.262 e. The normalized spacial score (nSPS) is 30.9. The summed E-state index contributed by atoms with van der Waals surface area (Å²) >= 11 is 6.53. The van der Waals surface area contributed by atoms with Crippen LogP contribution in [0.1, 0.15) is 81.8 Å². The summed E-state index contributed by atoms with van der Waals surface area (Å²) in [6, 6.07) is 13.9. The number of nitrogens with two attached hydrogens (primary N) is 1. The maximum absolute atomic E-state index is 17.7. The number of methoxy groups -OCH3 is 1. The highest BCUT2D eigenvalue weighted by atomic mass is 35.5. The fourth-order valence-electron chi connectivity index (χ4n) is 8.73. The minimum atomic E-state index is -2.01. The highest BCUT2D eigenvalue weighted by molar-refractivity contribution is 6.30. The zero-order chi connectivity index (χ0) is 32.6. The van der Waals surface area contributed by atoms with E-state index >= 15 is 4.39 Å². The van der Waals surface area contributed by atoms with Gasteiger partial charge >= 0.3 is 0 Å². The van der Waals surface area contributed by atoms with E-state index in [-0.39, 0.29) is 36.1 Å². The van der Waals surface area contributed by atoms with Gasteiger partial charge in [0.2, 0.25) is 11.6 Å². The van der Waals surface area contributed by atoms with Crippen LogP contribution in [0.4, 0.5) is 10.1 Å². The Kier molecular flexibility index (Phi) is 9.86. The highest BCUT2D eigenvalue weighted by Gasteiger charge is 2.57. The third-order valence-corrected chi connectivity index (χ3v) is 11.9. The van der Waals surface area contributed by atoms with Crippen molar-refractivity contribution in [3.63, 3.8) is 0 Å². The van der Waals surface area contributed by atoms with Gasteiger partial charge in [-0.05, 0) is 85.8 Å². The zero-order valence-corrected chi connectivity index (χ0v) is 28.4. The van der Waals surface area contributed by atoms with E-state index in [1.54, 1.807) is 7.11 Å². The van der Waals surface area contributed by atoms with Gasteiger partial charge in [-0.15, -0.1) is 0 Å². The first-order chi connectivity index (χ1) is 22.1. The third-order valence-electron chi connectivity index (χ3n) is 11.7. The van der Waals surface area contributed by atoms with Crippen LogP contribution in [0.15, 0.2) is 42.5 Å². The number of halogens is 2. The predicted octanol–water partition coefficient (Wildman–Crippen LogP) is 6.39. The molecule has 3 saturated heterocycles. The summed E-state index contributed by atoms with van der Waals surface area (Å²) in [6.45, 7) is 7.60. The van der Waals surface area contributed by atoms with Gasteiger partial charge in [-0.2, -0.15) is 0 Å². The number of amides is 2. The van der Waals surface area contributed by atoms with Gasteiger partial charge in [0.25, 0.3) is 5.91 Å². The Bertz CT molecular complexity index is 1390. The van der Waals surface area contributed by atoms with E-state index in [0.29, 0.717) is 49.5 Å².